The number of amidine groups is 1. The van der Waals surface area contributed by atoms with Gasteiger partial charge in [-0.05, 0) is 30.5 Å². The van der Waals surface area contributed by atoms with Crippen molar-refractivity contribution in [3.05, 3.63) is 28.2 Å². The molecule has 0 aliphatic carbocycles. The van der Waals surface area contributed by atoms with Crippen molar-refractivity contribution in [3.8, 4) is 0 Å². The zero-order chi connectivity index (χ0) is 14.4. The molecule has 19 heavy (non-hydrogen) atoms. The Hall–Kier alpha value is -1.56. The summed E-state index contributed by atoms with van der Waals surface area (Å²) in [6.07, 6.45) is 1.27. The zero-order valence-electron chi connectivity index (χ0n) is 11.0. The van der Waals surface area contributed by atoms with Gasteiger partial charge in [-0.1, -0.05) is 34.9 Å². The molecule has 6 heteroatoms. The molecule has 0 spiro atoms. The van der Waals surface area contributed by atoms with Gasteiger partial charge in [-0.2, -0.15) is 0 Å². The zero-order valence-corrected chi connectivity index (χ0v) is 12.6. The summed E-state index contributed by atoms with van der Waals surface area (Å²) in [6.45, 7) is 4.13. The van der Waals surface area contributed by atoms with E-state index in [0.717, 1.165) is 10.9 Å². The van der Waals surface area contributed by atoms with Crippen LogP contribution in [0.25, 0.3) is 0 Å². The number of hydrogen-bond acceptors (Lipinski definition) is 3. The van der Waals surface area contributed by atoms with Crippen molar-refractivity contribution in [1.29, 1.82) is 0 Å². The largest absolute Gasteiger partial charge is 0.409 e. The summed E-state index contributed by atoms with van der Waals surface area (Å²) < 4.78 is 0.786. The number of oxime groups is 1. The highest BCUT2D eigenvalue weighted by Crippen LogP contribution is 2.21. The quantitative estimate of drug-likeness (QED) is 0.336. The first kappa shape index (κ1) is 15.5. The lowest BCUT2D eigenvalue weighted by Crippen LogP contribution is -2.19. The molecule has 0 fully saturated rings. The summed E-state index contributed by atoms with van der Waals surface area (Å²) in [5, 5.41) is 14.5. The van der Waals surface area contributed by atoms with E-state index in [1.54, 1.807) is 18.2 Å². The maximum atomic E-state index is 11.8. The topological polar surface area (TPSA) is 87.7 Å². The Morgan fingerprint density at radius 2 is 2.21 bits per heavy atom. The van der Waals surface area contributed by atoms with Gasteiger partial charge in [0.15, 0.2) is 5.84 Å². The third kappa shape index (κ3) is 4.90. The van der Waals surface area contributed by atoms with Gasteiger partial charge in [0.25, 0.3) is 0 Å². The fraction of sp³-hybridized carbons (Fsp3) is 0.385. The van der Waals surface area contributed by atoms with E-state index in [9.17, 15) is 4.79 Å². The van der Waals surface area contributed by atoms with Gasteiger partial charge in [0, 0.05) is 16.5 Å². The predicted octanol–water partition coefficient (Wildman–Crippen LogP) is 2.92. The van der Waals surface area contributed by atoms with Crippen LogP contribution in [0.2, 0.25) is 0 Å². The minimum Gasteiger partial charge on any atom is -0.409 e. The van der Waals surface area contributed by atoms with Crippen LogP contribution in [-0.2, 0) is 4.79 Å². The number of rotatable bonds is 5. The highest BCUT2D eigenvalue weighted by atomic mass is 79.9. The Morgan fingerprint density at radius 3 is 2.79 bits per heavy atom. The number of hydrogen-bond donors (Lipinski definition) is 3. The first-order chi connectivity index (χ1) is 8.93. The summed E-state index contributed by atoms with van der Waals surface area (Å²) in [6, 6.07) is 5.18. The summed E-state index contributed by atoms with van der Waals surface area (Å²) in [5.74, 6) is 0.350. The van der Waals surface area contributed by atoms with E-state index in [0.29, 0.717) is 23.6 Å². The second-order valence-electron chi connectivity index (χ2n) is 4.66. The Balaban J connectivity index is 2.86. The van der Waals surface area contributed by atoms with Crippen molar-refractivity contribution >= 4 is 33.4 Å². The number of benzene rings is 1. The van der Waals surface area contributed by atoms with Crippen LogP contribution in [0.3, 0.4) is 0 Å². The van der Waals surface area contributed by atoms with Crippen molar-refractivity contribution in [2.45, 2.75) is 26.7 Å². The molecule has 0 aromatic heterocycles. The number of nitrogens with two attached hydrogens (primary N) is 1. The van der Waals surface area contributed by atoms with Crippen LogP contribution < -0.4 is 11.1 Å². The predicted molar refractivity (Wildman–Crippen MR) is 79.4 cm³/mol. The molecule has 104 valence electrons. The maximum Gasteiger partial charge on any atom is 0.224 e. The minimum absolute atomic E-state index is 0.0412. The summed E-state index contributed by atoms with van der Waals surface area (Å²) in [4.78, 5) is 11.8. The number of carbonyl (C=O) groups excluding carboxylic acids is 1. The molecule has 1 aromatic rings. The fourth-order valence-electron chi connectivity index (χ4n) is 1.52. The monoisotopic (exact) mass is 327 g/mol. The average Bonchev–Trinajstić information content (AvgIpc) is 2.37. The second kappa shape index (κ2) is 7.13. The van der Waals surface area contributed by atoms with Crippen LogP contribution in [0.4, 0.5) is 5.69 Å². The molecular weight excluding hydrogens is 310 g/mol. The lowest BCUT2D eigenvalue weighted by atomic mass is 10.1. The van der Waals surface area contributed by atoms with Crippen molar-refractivity contribution in [1.82, 2.24) is 0 Å². The molecule has 1 amide bonds. The normalized spacial score (nSPS) is 11.7. The number of nitrogens with one attached hydrogen (secondary N) is 1. The van der Waals surface area contributed by atoms with E-state index in [2.05, 4.69) is 40.2 Å². The van der Waals surface area contributed by atoms with Crippen molar-refractivity contribution < 1.29 is 10.0 Å². The van der Waals surface area contributed by atoms with E-state index in [1.807, 2.05) is 0 Å². The van der Waals surface area contributed by atoms with Gasteiger partial charge in [-0.15, -0.1) is 0 Å². The summed E-state index contributed by atoms with van der Waals surface area (Å²) in [7, 11) is 0. The van der Waals surface area contributed by atoms with Crippen molar-refractivity contribution in [3.63, 3.8) is 0 Å². The van der Waals surface area contributed by atoms with E-state index >= 15 is 0 Å². The third-order valence-corrected chi connectivity index (χ3v) is 3.08. The smallest absolute Gasteiger partial charge is 0.224 e. The molecule has 0 heterocycles. The molecule has 0 radical (unpaired) electrons. The highest BCUT2D eigenvalue weighted by Gasteiger charge is 2.11. The van der Waals surface area contributed by atoms with Gasteiger partial charge in [-0.3, -0.25) is 4.79 Å². The van der Waals surface area contributed by atoms with Gasteiger partial charge in [0.1, 0.15) is 0 Å². The Labute approximate surface area is 121 Å². The Bertz CT molecular complexity index is 487. The molecule has 0 aliphatic heterocycles. The number of halogens is 1. The SMILES string of the molecule is CC(C)CCC(=O)Nc1ccc(Br)cc1/C(N)=N/O. The number of anilines is 1. The van der Waals surface area contributed by atoms with E-state index < -0.39 is 0 Å². The van der Waals surface area contributed by atoms with E-state index in [-0.39, 0.29) is 11.7 Å². The number of amides is 1. The molecule has 0 aliphatic rings. The van der Waals surface area contributed by atoms with E-state index in [4.69, 9.17) is 10.9 Å². The molecule has 0 saturated carbocycles. The van der Waals surface area contributed by atoms with Gasteiger partial charge in [0.05, 0.1) is 5.69 Å². The van der Waals surface area contributed by atoms with Crippen molar-refractivity contribution in [2.24, 2.45) is 16.8 Å². The number of carbonyl (C=O) groups is 1. The molecule has 5 nitrogen and oxygen atoms in total. The lowest BCUT2D eigenvalue weighted by Gasteiger charge is -2.11. The van der Waals surface area contributed by atoms with Crippen LogP contribution in [0.15, 0.2) is 27.8 Å². The van der Waals surface area contributed by atoms with Gasteiger partial charge in [-0.25, -0.2) is 0 Å². The highest BCUT2D eigenvalue weighted by molar-refractivity contribution is 9.10. The Morgan fingerprint density at radius 1 is 1.53 bits per heavy atom. The second-order valence-corrected chi connectivity index (χ2v) is 5.57. The van der Waals surface area contributed by atoms with Gasteiger partial charge < -0.3 is 16.3 Å². The lowest BCUT2D eigenvalue weighted by molar-refractivity contribution is -0.116. The maximum absolute atomic E-state index is 11.8. The van der Waals surface area contributed by atoms with Gasteiger partial charge >= 0.3 is 0 Å². The Kier molecular flexibility index (Phi) is 5.82. The average molecular weight is 328 g/mol. The molecule has 0 atom stereocenters. The number of nitrogens with zero attached hydrogens (tertiary/aromatic N) is 1. The summed E-state index contributed by atoms with van der Waals surface area (Å²) in [5.41, 5.74) is 6.61. The molecule has 1 aromatic carbocycles. The molecule has 1 rings (SSSR count). The van der Waals surface area contributed by atoms with Crippen LogP contribution in [0, 0.1) is 5.92 Å². The molecule has 0 bridgehead atoms. The van der Waals surface area contributed by atoms with E-state index in [1.165, 1.54) is 0 Å². The van der Waals surface area contributed by atoms with Crippen LogP contribution in [0.1, 0.15) is 32.3 Å². The third-order valence-electron chi connectivity index (χ3n) is 2.59. The molecular formula is C13H18BrN3O2. The summed E-state index contributed by atoms with van der Waals surface area (Å²) >= 11 is 3.30. The van der Waals surface area contributed by atoms with Crippen molar-refractivity contribution in [2.75, 3.05) is 5.32 Å². The molecule has 4 N–H and O–H groups in total. The van der Waals surface area contributed by atoms with Crippen LogP contribution in [0.5, 0.6) is 0 Å². The first-order valence-corrected chi connectivity index (χ1v) is 6.80. The minimum atomic E-state index is -0.0805. The van der Waals surface area contributed by atoms with Crippen LogP contribution in [-0.4, -0.2) is 17.0 Å². The molecule has 0 unspecified atom stereocenters. The standard InChI is InChI=1S/C13H18BrN3O2/c1-8(2)3-6-12(18)16-11-5-4-9(14)7-10(11)13(15)17-19/h4-5,7-8,19H,3,6H2,1-2H3,(H2,15,17)(H,16,18). The molecule has 0 saturated heterocycles. The first-order valence-electron chi connectivity index (χ1n) is 6.01. The van der Waals surface area contributed by atoms with Gasteiger partial charge in [0.2, 0.25) is 5.91 Å². The van der Waals surface area contributed by atoms with Crippen LogP contribution >= 0.6 is 15.9 Å². The fourth-order valence-corrected chi connectivity index (χ4v) is 1.88.